The SMILES string of the molecule is CCCCC[C@H](O)/C=C\[C@@H]1[C@H](O)[C@H](O)[C@H]2COP(=O)(O)OP(=O)(O)OC[C@@H](COC(=O)CCCCCCCCCCCCCCCCCC(C)C)OC(=O)CCCCC(=O)C[C@H]([C@H](n3ccc(N)nc3=O)O2)[C@@H](O)C[C@H]1O. The van der Waals surface area contributed by atoms with Gasteiger partial charge in [-0.1, -0.05) is 148 Å². The number of nitrogen functional groups attached to an aromatic ring is 1. The molecule has 0 radical (unpaired) electrons. The van der Waals surface area contributed by atoms with Gasteiger partial charge in [0.15, 0.2) is 6.10 Å². The first-order chi connectivity index (χ1) is 36.6. The van der Waals surface area contributed by atoms with E-state index in [4.69, 9.17) is 29.0 Å². The molecule has 2 aliphatic rings. The number of rotatable bonds is 27. The molecular formula is C53H93N3O19P2. The number of hydrogen-bond acceptors (Lipinski definition) is 19. The zero-order valence-electron chi connectivity index (χ0n) is 45.8. The number of carbonyl (C=O) groups excluding carboxylic acids is 3. The van der Waals surface area contributed by atoms with Crippen LogP contribution in [0.2, 0.25) is 0 Å². The lowest BCUT2D eigenvalue weighted by Gasteiger charge is -2.40. The Morgan fingerprint density at radius 2 is 1.38 bits per heavy atom. The summed E-state index contributed by atoms with van der Waals surface area (Å²) in [6, 6.07) is 1.18. The van der Waals surface area contributed by atoms with Gasteiger partial charge in [-0.05, 0) is 37.7 Å². The van der Waals surface area contributed by atoms with E-state index in [9.17, 15) is 63.6 Å². The third kappa shape index (κ3) is 28.4. The zero-order chi connectivity index (χ0) is 56.8. The number of Topliss-reactive ketones (excluding diaryl/α,β-unsaturated/α-hetero) is 1. The minimum absolute atomic E-state index is 0.0583. The zero-order valence-corrected chi connectivity index (χ0v) is 47.6. The number of esters is 2. The predicted octanol–water partition coefficient (Wildman–Crippen LogP) is 7.81. The minimum atomic E-state index is -5.76. The second kappa shape index (κ2) is 37.1. The van der Waals surface area contributed by atoms with Crippen LogP contribution in [0.4, 0.5) is 5.82 Å². The molecule has 3 rings (SSSR count). The summed E-state index contributed by atoms with van der Waals surface area (Å²) in [4.78, 5) is 78.0. The number of hydrogen-bond donors (Lipinski definition) is 8. The molecular weight excluding hydrogens is 1040 g/mol. The van der Waals surface area contributed by atoms with Gasteiger partial charge in [-0.15, -0.1) is 0 Å². The number of carbonyl (C=O) groups is 3. The van der Waals surface area contributed by atoms with E-state index in [1.54, 1.807) is 0 Å². The van der Waals surface area contributed by atoms with Crippen molar-refractivity contribution in [2.75, 3.05) is 25.6 Å². The Kier molecular flexibility index (Phi) is 33.0. The van der Waals surface area contributed by atoms with E-state index in [1.165, 1.54) is 88.8 Å². The van der Waals surface area contributed by atoms with Crippen molar-refractivity contribution < 1.29 is 86.4 Å². The maximum atomic E-state index is 13.8. The third-order valence-electron chi connectivity index (χ3n) is 14.0. The fourth-order valence-electron chi connectivity index (χ4n) is 9.49. The van der Waals surface area contributed by atoms with E-state index in [-0.39, 0.29) is 37.9 Å². The van der Waals surface area contributed by atoms with Gasteiger partial charge in [0, 0.05) is 50.1 Å². The molecule has 77 heavy (non-hydrogen) atoms. The average molecular weight is 1140 g/mol. The predicted molar refractivity (Wildman–Crippen MR) is 287 cm³/mol. The number of unbranched alkanes of at least 4 members (excludes halogenated alkanes) is 16. The number of aromatic nitrogens is 2. The molecule has 0 aromatic carbocycles. The number of nitrogens with zero attached hydrogens (tertiary/aromatic N) is 2. The summed E-state index contributed by atoms with van der Waals surface area (Å²) in [5, 5.41) is 57.5. The molecule has 1 aromatic rings. The van der Waals surface area contributed by atoms with Crippen LogP contribution in [0.3, 0.4) is 0 Å². The molecule has 3 heterocycles. The van der Waals surface area contributed by atoms with E-state index >= 15 is 0 Å². The minimum Gasteiger partial charge on any atom is -0.462 e. The first-order valence-corrected chi connectivity index (χ1v) is 31.2. The molecule has 12 atom stereocenters. The van der Waals surface area contributed by atoms with Gasteiger partial charge < -0.3 is 55.3 Å². The van der Waals surface area contributed by atoms with Crippen LogP contribution in [0.1, 0.15) is 200 Å². The Bertz CT molecular complexity index is 2040. The smallest absolute Gasteiger partial charge is 0.462 e. The first-order valence-electron chi connectivity index (χ1n) is 28.2. The van der Waals surface area contributed by atoms with Crippen molar-refractivity contribution in [1.82, 2.24) is 9.55 Å². The summed E-state index contributed by atoms with van der Waals surface area (Å²) in [6.45, 7) is 3.67. The molecule has 2 unspecified atom stereocenters. The maximum absolute atomic E-state index is 13.8. The van der Waals surface area contributed by atoms with Crippen LogP contribution in [-0.2, 0) is 51.1 Å². The normalized spacial score (nSPS) is 29.3. The molecule has 0 saturated carbocycles. The highest BCUT2D eigenvalue weighted by molar-refractivity contribution is 7.61. The van der Waals surface area contributed by atoms with Gasteiger partial charge in [-0.3, -0.25) is 28.0 Å². The summed E-state index contributed by atoms with van der Waals surface area (Å²) in [5.74, 6) is -4.36. The molecule has 2 aliphatic heterocycles. The van der Waals surface area contributed by atoms with E-state index < -0.39 is 133 Å². The van der Waals surface area contributed by atoms with Crippen molar-refractivity contribution in [2.24, 2.45) is 17.8 Å². The summed E-state index contributed by atoms with van der Waals surface area (Å²) >= 11 is 0. The Hall–Kier alpha value is -2.95. The number of ether oxygens (including phenoxy) is 3. The lowest BCUT2D eigenvalue weighted by atomic mass is 9.82. The second-order valence-electron chi connectivity index (χ2n) is 21.2. The summed E-state index contributed by atoms with van der Waals surface area (Å²) in [5.41, 5.74) is 4.67. The van der Waals surface area contributed by atoms with Gasteiger partial charge in [0.25, 0.3) is 0 Å². The number of phosphoric acid groups is 2. The number of ketones is 1. The van der Waals surface area contributed by atoms with Crippen molar-refractivity contribution in [3.63, 3.8) is 0 Å². The standard InChI is InChI=1S/C53H93N3O19P2/c1-4-5-19-25-39(57)29-30-42-44(59)34-45(60)43-33-40(58)26-22-23-28-49(62)73-41(35-70-48(61)27-21-18-16-14-12-10-8-6-7-9-11-13-15-17-20-24-38(2)3)36-71-76(66,67)75-77(68,69)72-37-46(51(64)50(42)63)74-52(43)56-32-31-47(54)55-53(56)65/h29-32,38-39,41-46,50-52,57,59-60,63-64H,4-28,33-37H2,1-3H3,(H,66,67)(H,68,69)(H2,54,55,65)/b30-29-/t39-,41+,42-,43-,44+,45-,46+,50-,51+,52+/m0/s1. The molecule has 2 saturated heterocycles. The van der Waals surface area contributed by atoms with Crippen LogP contribution in [0.5, 0.6) is 0 Å². The Balaban J connectivity index is 1.71. The van der Waals surface area contributed by atoms with Crippen LogP contribution in [0.25, 0.3) is 0 Å². The van der Waals surface area contributed by atoms with E-state index in [2.05, 4.69) is 23.1 Å². The van der Waals surface area contributed by atoms with Crippen LogP contribution in [0.15, 0.2) is 29.2 Å². The summed E-state index contributed by atoms with van der Waals surface area (Å²) in [7, 11) is -11.4. The van der Waals surface area contributed by atoms with Gasteiger partial charge in [0.05, 0.1) is 37.6 Å². The molecule has 0 spiro atoms. The highest BCUT2D eigenvalue weighted by atomic mass is 31.3. The van der Waals surface area contributed by atoms with Gasteiger partial charge in [-0.25, -0.2) is 13.9 Å². The largest absolute Gasteiger partial charge is 0.481 e. The highest BCUT2D eigenvalue weighted by Crippen LogP contribution is 2.60. The van der Waals surface area contributed by atoms with Crippen molar-refractivity contribution in [1.29, 1.82) is 0 Å². The van der Waals surface area contributed by atoms with Gasteiger partial charge >= 0.3 is 33.3 Å². The number of aliphatic hydroxyl groups is 5. The molecule has 0 amide bonds. The fraction of sp³-hybridized carbons (Fsp3) is 0.830. The summed E-state index contributed by atoms with van der Waals surface area (Å²) in [6.07, 6.45) is 9.55. The molecule has 2 fully saturated rings. The highest BCUT2D eigenvalue weighted by Gasteiger charge is 2.45. The molecule has 2 bridgehead atoms. The van der Waals surface area contributed by atoms with Crippen LogP contribution in [-0.4, -0.2) is 125 Å². The molecule has 444 valence electrons. The van der Waals surface area contributed by atoms with Gasteiger partial charge in [-0.2, -0.15) is 9.29 Å². The first kappa shape index (κ1) is 68.3. The summed E-state index contributed by atoms with van der Waals surface area (Å²) < 4.78 is 58.8. The molecule has 9 N–H and O–H groups in total. The second-order valence-corrected chi connectivity index (χ2v) is 24.3. The monoisotopic (exact) mass is 1140 g/mol. The van der Waals surface area contributed by atoms with Crippen LogP contribution >= 0.6 is 15.6 Å². The molecule has 24 heteroatoms. The molecule has 1 aromatic heterocycles. The lowest BCUT2D eigenvalue weighted by Crippen LogP contribution is -2.52. The van der Waals surface area contributed by atoms with Crippen molar-refractivity contribution >= 4 is 39.2 Å². The average Bonchev–Trinajstić information content (AvgIpc) is 3.35. The van der Waals surface area contributed by atoms with Crippen LogP contribution in [0, 0.1) is 17.8 Å². The van der Waals surface area contributed by atoms with Crippen molar-refractivity contribution in [2.45, 2.75) is 243 Å². The number of cyclic esters (lactones) is 1. The van der Waals surface area contributed by atoms with Crippen molar-refractivity contribution in [3.8, 4) is 0 Å². The van der Waals surface area contributed by atoms with Crippen LogP contribution < -0.4 is 11.4 Å². The number of anilines is 1. The number of nitrogens with two attached hydrogens (primary N) is 1. The Morgan fingerprint density at radius 1 is 0.805 bits per heavy atom. The van der Waals surface area contributed by atoms with E-state index in [0.29, 0.717) is 19.3 Å². The topological polar surface area (TPSA) is 343 Å². The number of phosphoric ester groups is 2. The van der Waals surface area contributed by atoms with Gasteiger partial charge in [0.1, 0.15) is 36.6 Å². The molecule has 22 nitrogen and oxygen atoms in total. The quantitative estimate of drug-likeness (QED) is 0.0180. The molecule has 0 aliphatic carbocycles. The van der Waals surface area contributed by atoms with E-state index in [0.717, 1.165) is 55.2 Å². The lowest BCUT2D eigenvalue weighted by molar-refractivity contribution is -0.196. The Labute approximate surface area is 455 Å². The van der Waals surface area contributed by atoms with Gasteiger partial charge in [0.2, 0.25) is 0 Å². The van der Waals surface area contributed by atoms with Crippen molar-refractivity contribution in [3.05, 3.63) is 34.9 Å². The fourth-order valence-corrected chi connectivity index (χ4v) is 11.6. The number of aliphatic hydroxyl groups excluding tert-OH is 5. The Morgan fingerprint density at radius 3 is 1.97 bits per heavy atom. The van der Waals surface area contributed by atoms with E-state index in [1.807, 2.05) is 6.92 Å². The number of fused-ring (bicyclic) bond motifs is 3. The maximum Gasteiger partial charge on any atom is 0.481 e. The third-order valence-corrected chi connectivity index (χ3v) is 16.6.